The topological polar surface area (TPSA) is 92.7 Å². The third-order valence-electron chi connectivity index (χ3n) is 3.10. The Bertz CT molecular complexity index is 814. The largest absolute Gasteiger partial charge is 0.496 e. The van der Waals surface area contributed by atoms with Crippen molar-refractivity contribution < 1.29 is 22.5 Å². The van der Waals surface area contributed by atoms with E-state index in [0.29, 0.717) is 22.6 Å². The van der Waals surface area contributed by atoms with E-state index in [1.54, 1.807) is 31.2 Å². The van der Waals surface area contributed by atoms with Crippen molar-refractivity contribution in [1.82, 2.24) is 0 Å². The summed E-state index contributed by atoms with van der Waals surface area (Å²) in [5.74, 6) is 0.0624. The first-order valence-corrected chi connectivity index (χ1v) is 7.79. The normalized spacial score (nSPS) is 11.0. The molecule has 0 fully saturated rings. The molecule has 2 aromatic rings. The zero-order chi connectivity index (χ0) is 16.3. The molecule has 2 aromatic carbocycles. The average Bonchev–Trinajstić information content (AvgIpc) is 2.48. The Morgan fingerprint density at radius 1 is 1.18 bits per heavy atom. The molecule has 0 aliphatic rings. The van der Waals surface area contributed by atoms with Crippen molar-refractivity contribution in [1.29, 1.82) is 0 Å². The molecule has 0 saturated heterocycles. The molecule has 0 aromatic heterocycles. The van der Waals surface area contributed by atoms with Gasteiger partial charge in [0.2, 0.25) is 0 Å². The molecule has 0 radical (unpaired) electrons. The number of amides is 1. The highest BCUT2D eigenvalue weighted by Gasteiger charge is 2.15. The van der Waals surface area contributed by atoms with Crippen molar-refractivity contribution >= 4 is 21.7 Å². The van der Waals surface area contributed by atoms with Crippen LogP contribution in [0.1, 0.15) is 15.9 Å². The molecule has 0 heterocycles. The van der Waals surface area contributed by atoms with Crippen LogP contribution < -0.4 is 10.1 Å². The number of hydrogen-bond acceptors (Lipinski definition) is 4. The minimum absolute atomic E-state index is 0.222. The maximum Gasteiger partial charge on any atom is 0.294 e. The van der Waals surface area contributed by atoms with Gasteiger partial charge in [0, 0.05) is 5.69 Å². The SMILES string of the molecule is COc1ccccc1C(=O)Nc1ccc(S(=O)(=O)O)cc1C. The van der Waals surface area contributed by atoms with Crippen LogP contribution in [-0.2, 0) is 10.1 Å². The van der Waals surface area contributed by atoms with Crippen LogP contribution in [0.25, 0.3) is 0 Å². The van der Waals surface area contributed by atoms with Crippen LogP contribution in [0, 0.1) is 6.92 Å². The van der Waals surface area contributed by atoms with Crippen LogP contribution in [-0.4, -0.2) is 26.0 Å². The van der Waals surface area contributed by atoms with Crippen molar-refractivity contribution in [2.75, 3.05) is 12.4 Å². The molecule has 0 spiro atoms. The minimum Gasteiger partial charge on any atom is -0.496 e. The standard InChI is InChI=1S/C15H15NO5S/c1-10-9-11(22(18,19)20)7-8-13(10)16-15(17)12-5-3-4-6-14(12)21-2/h3-9H,1-2H3,(H,16,17)(H,18,19,20). The molecular weight excluding hydrogens is 306 g/mol. The van der Waals surface area contributed by atoms with E-state index in [4.69, 9.17) is 9.29 Å². The van der Waals surface area contributed by atoms with Gasteiger partial charge in [0.25, 0.3) is 16.0 Å². The lowest BCUT2D eigenvalue weighted by Gasteiger charge is -2.11. The molecule has 0 atom stereocenters. The van der Waals surface area contributed by atoms with Gasteiger partial charge >= 0.3 is 0 Å². The molecule has 7 heteroatoms. The maximum absolute atomic E-state index is 12.3. The lowest BCUT2D eigenvalue weighted by atomic mass is 10.1. The highest BCUT2D eigenvalue weighted by atomic mass is 32.2. The number of ether oxygens (including phenoxy) is 1. The van der Waals surface area contributed by atoms with E-state index in [-0.39, 0.29) is 10.8 Å². The number of rotatable bonds is 4. The molecule has 2 N–H and O–H groups in total. The fourth-order valence-electron chi connectivity index (χ4n) is 1.96. The fourth-order valence-corrected chi connectivity index (χ4v) is 2.52. The zero-order valence-corrected chi connectivity index (χ0v) is 12.8. The molecule has 22 heavy (non-hydrogen) atoms. The number of carbonyl (C=O) groups excluding carboxylic acids is 1. The molecule has 1 amide bonds. The van der Waals surface area contributed by atoms with Crippen molar-refractivity contribution in [3.05, 3.63) is 53.6 Å². The van der Waals surface area contributed by atoms with Gasteiger partial charge in [0.05, 0.1) is 17.6 Å². The zero-order valence-electron chi connectivity index (χ0n) is 12.0. The van der Waals surface area contributed by atoms with Gasteiger partial charge in [0.1, 0.15) is 5.75 Å². The fraction of sp³-hybridized carbons (Fsp3) is 0.133. The quantitative estimate of drug-likeness (QED) is 0.844. The van der Waals surface area contributed by atoms with E-state index < -0.39 is 10.1 Å². The number of benzene rings is 2. The second kappa shape index (κ2) is 6.17. The van der Waals surface area contributed by atoms with Gasteiger partial charge in [0.15, 0.2) is 0 Å². The number of methoxy groups -OCH3 is 1. The first-order valence-electron chi connectivity index (χ1n) is 6.35. The van der Waals surface area contributed by atoms with Crippen LogP contribution in [0.5, 0.6) is 5.75 Å². The number of anilines is 1. The summed E-state index contributed by atoms with van der Waals surface area (Å²) in [6.07, 6.45) is 0. The van der Waals surface area contributed by atoms with Crippen molar-refractivity contribution in [2.24, 2.45) is 0 Å². The number of carbonyl (C=O) groups is 1. The van der Waals surface area contributed by atoms with E-state index in [2.05, 4.69) is 5.32 Å². The van der Waals surface area contributed by atoms with E-state index in [1.807, 2.05) is 0 Å². The van der Waals surface area contributed by atoms with Gasteiger partial charge in [-0.25, -0.2) is 0 Å². The first-order chi connectivity index (χ1) is 10.3. The van der Waals surface area contributed by atoms with Crippen LogP contribution >= 0.6 is 0 Å². The number of hydrogen-bond donors (Lipinski definition) is 2. The Morgan fingerprint density at radius 2 is 1.86 bits per heavy atom. The maximum atomic E-state index is 12.3. The number of aryl methyl sites for hydroxylation is 1. The second-order valence-corrected chi connectivity index (χ2v) is 6.03. The minimum atomic E-state index is -4.27. The van der Waals surface area contributed by atoms with Crippen LogP contribution in [0.3, 0.4) is 0 Å². The summed E-state index contributed by atoms with van der Waals surface area (Å²) in [7, 11) is -2.80. The lowest BCUT2D eigenvalue weighted by Crippen LogP contribution is -2.14. The predicted octanol–water partition coefficient (Wildman–Crippen LogP) is 2.50. The molecule has 2 rings (SSSR count). The smallest absolute Gasteiger partial charge is 0.294 e. The Hall–Kier alpha value is -2.38. The Kier molecular flexibility index (Phi) is 4.48. The summed E-state index contributed by atoms with van der Waals surface area (Å²) in [5.41, 5.74) is 1.32. The second-order valence-electron chi connectivity index (χ2n) is 4.61. The summed E-state index contributed by atoms with van der Waals surface area (Å²) < 4.78 is 36.3. The van der Waals surface area contributed by atoms with Crippen molar-refractivity contribution in [2.45, 2.75) is 11.8 Å². The van der Waals surface area contributed by atoms with Gasteiger partial charge in [-0.15, -0.1) is 0 Å². The van der Waals surface area contributed by atoms with E-state index in [1.165, 1.54) is 25.3 Å². The molecule has 0 saturated carbocycles. The monoisotopic (exact) mass is 321 g/mol. The third kappa shape index (κ3) is 3.44. The van der Waals surface area contributed by atoms with Gasteiger partial charge in [-0.2, -0.15) is 8.42 Å². The Balaban J connectivity index is 2.29. The molecule has 6 nitrogen and oxygen atoms in total. The van der Waals surface area contributed by atoms with Gasteiger partial charge in [-0.1, -0.05) is 12.1 Å². The highest BCUT2D eigenvalue weighted by molar-refractivity contribution is 7.85. The molecule has 0 aliphatic carbocycles. The Morgan fingerprint density at radius 3 is 2.45 bits per heavy atom. The molecule has 0 unspecified atom stereocenters. The molecule has 0 bridgehead atoms. The van der Waals surface area contributed by atoms with Crippen LogP contribution in [0.15, 0.2) is 47.4 Å². The summed E-state index contributed by atoms with van der Waals surface area (Å²) in [5, 5.41) is 2.68. The predicted molar refractivity (Wildman–Crippen MR) is 81.9 cm³/mol. The van der Waals surface area contributed by atoms with Crippen molar-refractivity contribution in [3.8, 4) is 5.75 Å². The van der Waals surface area contributed by atoms with Crippen LogP contribution in [0.2, 0.25) is 0 Å². The van der Waals surface area contributed by atoms with Crippen LogP contribution in [0.4, 0.5) is 5.69 Å². The number of nitrogens with one attached hydrogen (secondary N) is 1. The number of para-hydroxylation sites is 1. The Labute approximate surface area is 128 Å². The van der Waals surface area contributed by atoms with E-state index in [9.17, 15) is 13.2 Å². The molecule has 116 valence electrons. The van der Waals surface area contributed by atoms with E-state index in [0.717, 1.165) is 0 Å². The molecule has 0 aliphatic heterocycles. The summed E-state index contributed by atoms with van der Waals surface area (Å²) in [4.78, 5) is 12.0. The first kappa shape index (κ1) is 16.0. The van der Waals surface area contributed by atoms with Gasteiger partial charge in [-0.05, 0) is 42.8 Å². The van der Waals surface area contributed by atoms with Gasteiger partial charge < -0.3 is 10.1 Å². The third-order valence-corrected chi connectivity index (χ3v) is 3.95. The highest BCUT2D eigenvalue weighted by Crippen LogP contribution is 2.22. The van der Waals surface area contributed by atoms with E-state index >= 15 is 0 Å². The summed E-state index contributed by atoms with van der Waals surface area (Å²) in [6.45, 7) is 1.63. The van der Waals surface area contributed by atoms with Crippen molar-refractivity contribution in [3.63, 3.8) is 0 Å². The summed E-state index contributed by atoms with van der Waals surface area (Å²) in [6, 6.07) is 10.7. The molecular formula is C15H15NO5S. The lowest BCUT2D eigenvalue weighted by molar-refractivity contribution is 0.102. The summed E-state index contributed by atoms with van der Waals surface area (Å²) >= 11 is 0. The van der Waals surface area contributed by atoms with Gasteiger partial charge in [-0.3, -0.25) is 9.35 Å². The average molecular weight is 321 g/mol.